The van der Waals surface area contributed by atoms with Crippen molar-refractivity contribution in [3.63, 3.8) is 0 Å². The third-order valence-electron chi connectivity index (χ3n) is 1.79. The lowest BCUT2D eigenvalue weighted by Crippen LogP contribution is -1.89. The van der Waals surface area contributed by atoms with Crippen LogP contribution in [0.3, 0.4) is 0 Å². The highest BCUT2D eigenvalue weighted by molar-refractivity contribution is 5.02. The van der Waals surface area contributed by atoms with Crippen molar-refractivity contribution in [2.24, 2.45) is 5.92 Å². The molecule has 0 rings (SSSR count). The van der Waals surface area contributed by atoms with E-state index in [1.165, 1.54) is 12.8 Å². The molecule has 0 saturated carbocycles. The summed E-state index contributed by atoms with van der Waals surface area (Å²) in [6, 6.07) is 0. The molecule has 0 heterocycles. The molecule has 2 radical (unpaired) electrons. The van der Waals surface area contributed by atoms with Gasteiger partial charge < -0.3 is 0 Å². The molecule has 0 aliphatic heterocycles. The summed E-state index contributed by atoms with van der Waals surface area (Å²) >= 11 is 0. The smallest absolute Gasteiger partial charge is 0.0174 e. The Bertz CT molecular complexity index is 136. The second-order valence-corrected chi connectivity index (χ2v) is 3.18. The fraction of sp³-hybridized carbons (Fsp3) is 0.667. The van der Waals surface area contributed by atoms with Crippen molar-refractivity contribution in [3.8, 4) is 11.8 Å². The van der Waals surface area contributed by atoms with Gasteiger partial charge in [0.25, 0.3) is 0 Å². The molecule has 0 N–H and O–H groups in total. The zero-order valence-electron chi connectivity index (χ0n) is 8.23. The lowest BCUT2D eigenvalue weighted by atomic mass is 10.1. The van der Waals surface area contributed by atoms with Crippen LogP contribution in [0, 0.1) is 31.6 Å². The van der Waals surface area contributed by atoms with E-state index < -0.39 is 0 Å². The van der Waals surface area contributed by atoms with Crippen molar-refractivity contribution in [3.05, 3.63) is 13.8 Å². The lowest BCUT2D eigenvalue weighted by molar-refractivity contribution is 0.627. The summed E-state index contributed by atoms with van der Waals surface area (Å²) in [5, 5.41) is 0. The van der Waals surface area contributed by atoms with Crippen molar-refractivity contribution in [1.82, 2.24) is 0 Å². The van der Waals surface area contributed by atoms with Crippen LogP contribution in [-0.2, 0) is 0 Å². The van der Waals surface area contributed by atoms with Gasteiger partial charge in [0, 0.05) is 12.3 Å². The van der Waals surface area contributed by atoms with Gasteiger partial charge in [-0.1, -0.05) is 40.0 Å². The van der Waals surface area contributed by atoms with Crippen molar-refractivity contribution < 1.29 is 0 Å². The van der Waals surface area contributed by atoms with Crippen LogP contribution in [0.4, 0.5) is 0 Å². The molecular weight excluding hydrogens is 144 g/mol. The Kier molecular flexibility index (Phi) is 8.34. The molecular formula is C12H20. The summed E-state index contributed by atoms with van der Waals surface area (Å²) in [5.41, 5.74) is 0. The van der Waals surface area contributed by atoms with Gasteiger partial charge in [-0.05, 0) is 12.8 Å². The summed E-state index contributed by atoms with van der Waals surface area (Å²) in [4.78, 5) is 0. The van der Waals surface area contributed by atoms with E-state index in [0.29, 0.717) is 5.92 Å². The molecule has 0 aromatic rings. The van der Waals surface area contributed by atoms with Gasteiger partial charge in [0.05, 0.1) is 0 Å². The molecule has 0 nitrogen and oxygen atoms in total. The number of hydrogen-bond acceptors (Lipinski definition) is 0. The van der Waals surface area contributed by atoms with Crippen molar-refractivity contribution in [2.45, 2.75) is 45.4 Å². The Balaban J connectivity index is 3.36. The minimum atomic E-state index is 0.552. The monoisotopic (exact) mass is 164 g/mol. The zero-order valence-corrected chi connectivity index (χ0v) is 8.23. The Morgan fingerprint density at radius 1 is 1.17 bits per heavy atom. The summed E-state index contributed by atoms with van der Waals surface area (Å²) < 4.78 is 0. The third kappa shape index (κ3) is 7.66. The summed E-state index contributed by atoms with van der Waals surface area (Å²) in [6.45, 7) is 9.77. The molecule has 0 heteroatoms. The van der Waals surface area contributed by atoms with E-state index in [0.717, 1.165) is 25.7 Å². The first kappa shape index (κ1) is 11.6. The van der Waals surface area contributed by atoms with Gasteiger partial charge in [0.15, 0.2) is 0 Å². The lowest BCUT2D eigenvalue weighted by Gasteiger charge is -2.00. The Labute approximate surface area is 77.8 Å². The van der Waals surface area contributed by atoms with Crippen molar-refractivity contribution >= 4 is 0 Å². The molecule has 0 bridgehead atoms. The maximum atomic E-state index is 3.81. The van der Waals surface area contributed by atoms with Crippen LogP contribution in [-0.4, -0.2) is 0 Å². The Morgan fingerprint density at radius 2 is 1.83 bits per heavy atom. The number of unbranched alkanes of at least 4 members (excludes halogenated alkanes) is 3. The molecule has 0 amide bonds. The van der Waals surface area contributed by atoms with Crippen LogP contribution in [0.25, 0.3) is 0 Å². The second kappa shape index (κ2) is 8.65. The summed E-state index contributed by atoms with van der Waals surface area (Å²) in [6.07, 6.45) is 6.58. The van der Waals surface area contributed by atoms with E-state index in [4.69, 9.17) is 0 Å². The standard InChI is InChI=1S/C12H20/c1-4-6-8-9-11-12(3)10-7-5-2/h12H,1-2,4-8,10H2,3H3. The molecule has 1 unspecified atom stereocenters. The van der Waals surface area contributed by atoms with Gasteiger partial charge >= 0.3 is 0 Å². The first-order valence-corrected chi connectivity index (χ1v) is 4.88. The van der Waals surface area contributed by atoms with Gasteiger partial charge in [-0.3, -0.25) is 0 Å². The number of rotatable bonds is 5. The van der Waals surface area contributed by atoms with Crippen LogP contribution in [0.2, 0.25) is 0 Å². The quantitative estimate of drug-likeness (QED) is 0.430. The van der Waals surface area contributed by atoms with Gasteiger partial charge in [0.1, 0.15) is 0 Å². The van der Waals surface area contributed by atoms with E-state index in [1.54, 1.807) is 0 Å². The zero-order chi connectivity index (χ0) is 9.23. The first-order valence-electron chi connectivity index (χ1n) is 4.88. The average Bonchev–Trinajstić information content (AvgIpc) is 2.09. The van der Waals surface area contributed by atoms with Crippen molar-refractivity contribution in [1.29, 1.82) is 0 Å². The summed E-state index contributed by atoms with van der Waals surface area (Å²) in [7, 11) is 0. The predicted molar refractivity (Wildman–Crippen MR) is 55.4 cm³/mol. The van der Waals surface area contributed by atoms with Crippen LogP contribution < -0.4 is 0 Å². The van der Waals surface area contributed by atoms with E-state index >= 15 is 0 Å². The van der Waals surface area contributed by atoms with Gasteiger partial charge in [-0.25, -0.2) is 0 Å². The fourth-order valence-corrected chi connectivity index (χ4v) is 0.982. The van der Waals surface area contributed by atoms with E-state index in [1.807, 2.05) is 0 Å². The SMILES string of the molecule is [CH2]CCCC#CC(C)CCC[CH2]. The molecule has 68 valence electrons. The molecule has 0 aromatic carbocycles. The molecule has 12 heavy (non-hydrogen) atoms. The average molecular weight is 164 g/mol. The highest BCUT2D eigenvalue weighted by Crippen LogP contribution is 2.05. The molecule has 0 saturated heterocycles. The van der Waals surface area contributed by atoms with E-state index in [-0.39, 0.29) is 0 Å². The van der Waals surface area contributed by atoms with Gasteiger partial charge in [-0.2, -0.15) is 0 Å². The van der Waals surface area contributed by atoms with Crippen LogP contribution in [0.15, 0.2) is 0 Å². The van der Waals surface area contributed by atoms with Gasteiger partial charge in [0.2, 0.25) is 0 Å². The van der Waals surface area contributed by atoms with Crippen LogP contribution in [0.1, 0.15) is 45.4 Å². The molecule has 0 aliphatic rings. The molecule has 0 aliphatic carbocycles. The Hall–Kier alpha value is -0.440. The molecule has 0 spiro atoms. The first-order chi connectivity index (χ1) is 5.81. The topological polar surface area (TPSA) is 0 Å². The molecule has 1 atom stereocenters. The number of hydrogen-bond donors (Lipinski definition) is 0. The highest BCUT2D eigenvalue weighted by Gasteiger charge is 1.93. The minimum absolute atomic E-state index is 0.552. The highest BCUT2D eigenvalue weighted by atomic mass is 14.0. The minimum Gasteiger partial charge on any atom is -0.103 e. The predicted octanol–water partition coefficient (Wildman–Crippen LogP) is 3.63. The molecule has 0 aromatic heterocycles. The fourth-order valence-electron chi connectivity index (χ4n) is 0.982. The second-order valence-electron chi connectivity index (χ2n) is 3.18. The maximum Gasteiger partial charge on any atom is 0.0174 e. The molecule has 0 fully saturated rings. The maximum absolute atomic E-state index is 3.81. The van der Waals surface area contributed by atoms with E-state index in [9.17, 15) is 0 Å². The summed E-state index contributed by atoms with van der Waals surface area (Å²) in [5.74, 6) is 6.98. The van der Waals surface area contributed by atoms with Crippen molar-refractivity contribution in [2.75, 3.05) is 0 Å². The van der Waals surface area contributed by atoms with Crippen LogP contribution in [0.5, 0.6) is 0 Å². The third-order valence-corrected chi connectivity index (χ3v) is 1.79. The Morgan fingerprint density at radius 3 is 2.42 bits per heavy atom. The van der Waals surface area contributed by atoms with E-state index in [2.05, 4.69) is 32.6 Å². The largest absolute Gasteiger partial charge is 0.103 e. The van der Waals surface area contributed by atoms with Crippen LogP contribution >= 0.6 is 0 Å². The normalized spacial score (nSPS) is 11.9. The van der Waals surface area contributed by atoms with Gasteiger partial charge in [-0.15, -0.1) is 11.8 Å².